The van der Waals surface area contributed by atoms with Gasteiger partial charge in [0.2, 0.25) is 0 Å². The van der Waals surface area contributed by atoms with Gasteiger partial charge in [0.1, 0.15) is 11.6 Å². The van der Waals surface area contributed by atoms with Crippen molar-refractivity contribution in [3.63, 3.8) is 0 Å². The Morgan fingerprint density at radius 1 is 1.11 bits per heavy atom. The van der Waals surface area contributed by atoms with Crippen LogP contribution in [0.25, 0.3) is 0 Å². The zero-order chi connectivity index (χ0) is 19.2. The molecule has 1 aliphatic rings. The maximum Gasteiger partial charge on any atom is 0.150 e. The molecule has 1 aliphatic heterocycles. The summed E-state index contributed by atoms with van der Waals surface area (Å²) < 4.78 is 0. The van der Waals surface area contributed by atoms with Crippen LogP contribution in [0.4, 0.5) is 11.6 Å². The van der Waals surface area contributed by atoms with E-state index < -0.39 is 0 Å². The van der Waals surface area contributed by atoms with Gasteiger partial charge in [-0.2, -0.15) is 0 Å². The van der Waals surface area contributed by atoms with Crippen LogP contribution in [-0.4, -0.2) is 39.5 Å². The Bertz CT molecular complexity index is 896. The van der Waals surface area contributed by atoms with E-state index in [2.05, 4.69) is 50.5 Å². The summed E-state index contributed by atoms with van der Waals surface area (Å²) in [5, 5.41) is 3.31. The molecule has 0 spiro atoms. The van der Waals surface area contributed by atoms with Crippen LogP contribution in [0, 0.1) is 6.92 Å². The minimum Gasteiger partial charge on any atom is -0.323 e. The van der Waals surface area contributed by atoms with Gasteiger partial charge in [-0.05, 0) is 49.9 Å². The number of hydrogen-bond acceptors (Lipinski definition) is 5. The number of aromatic nitrogens is 3. The standard InChI is InChI=1S/C23H27N5/c1-18-7-5-12-25-23(18)27-22-16-24-15-21(26-22)20-10-6-13-28(17-20)14-11-19-8-3-2-4-9-19/h2-5,7-9,12,15-16,20H,6,10-11,13-14,17H2,1H3,(H,25,26,27)/t20-/m0/s1. The fourth-order valence-corrected chi connectivity index (χ4v) is 3.81. The van der Waals surface area contributed by atoms with E-state index in [-0.39, 0.29) is 0 Å². The zero-order valence-electron chi connectivity index (χ0n) is 16.4. The average Bonchev–Trinajstić information content (AvgIpc) is 2.75. The van der Waals surface area contributed by atoms with Gasteiger partial charge in [0.25, 0.3) is 0 Å². The van der Waals surface area contributed by atoms with Gasteiger partial charge >= 0.3 is 0 Å². The van der Waals surface area contributed by atoms with Gasteiger partial charge in [0.05, 0.1) is 11.9 Å². The number of pyridine rings is 1. The van der Waals surface area contributed by atoms with E-state index >= 15 is 0 Å². The van der Waals surface area contributed by atoms with Crippen LogP contribution in [-0.2, 0) is 6.42 Å². The summed E-state index contributed by atoms with van der Waals surface area (Å²) in [4.78, 5) is 16.2. The summed E-state index contributed by atoms with van der Waals surface area (Å²) in [5.41, 5.74) is 3.57. The van der Waals surface area contributed by atoms with E-state index in [0.717, 1.165) is 42.4 Å². The molecule has 3 aromatic rings. The Hall–Kier alpha value is -2.79. The topological polar surface area (TPSA) is 53.9 Å². The molecule has 1 aromatic carbocycles. The average molecular weight is 374 g/mol. The number of rotatable bonds is 6. The lowest BCUT2D eigenvalue weighted by Crippen LogP contribution is -2.36. The maximum atomic E-state index is 4.85. The first-order valence-electron chi connectivity index (χ1n) is 10.0. The summed E-state index contributed by atoms with van der Waals surface area (Å²) in [6.45, 7) is 5.35. The maximum absolute atomic E-state index is 4.85. The van der Waals surface area contributed by atoms with Crippen LogP contribution in [0.15, 0.2) is 61.1 Å². The lowest BCUT2D eigenvalue weighted by molar-refractivity contribution is 0.208. The van der Waals surface area contributed by atoms with Crippen LogP contribution < -0.4 is 5.32 Å². The van der Waals surface area contributed by atoms with Crippen molar-refractivity contribution in [1.82, 2.24) is 19.9 Å². The third-order valence-corrected chi connectivity index (χ3v) is 5.39. The van der Waals surface area contributed by atoms with E-state index in [1.807, 2.05) is 25.3 Å². The van der Waals surface area contributed by atoms with Crippen LogP contribution >= 0.6 is 0 Å². The monoisotopic (exact) mass is 373 g/mol. The largest absolute Gasteiger partial charge is 0.323 e. The van der Waals surface area contributed by atoms with Gasteiger partial charge in [0, 0.05) is 31.4 Å². The number of piperidine rings is 1. The van der Waals surface area contributed by atoms with Crippen LogP contribution in [0.3, 0.4) is 0 Å². The van der Waals surface area contributed by atoms with Crippen molar-refractivity contribution in [3.8, 4) is 0 Å². The SMILES string of the molecule is Cc1cccnc1Nc1cncc([C@H]2CCCN(CCc3ccccc3)C2)n1. The van der Waals surface area contributed by atoms with Crippen molar-refractivity contribution in [2.24, 2.45) is 0 Å². The number of anilines is 2. The molecular weight excluding hydrogens is 346 g/mol. The van der Waals surface area contributed by atoms with E-state index in [0.29, 0.717) is 5.92 Å². The van der Waals surface area contributed by atoms with Gasteiger partial charge in [0.15, 0.2) is 0 Å². The van der Waals surface area contributed by atoms with Crippen molar-refractivity contribution in [1.29, 1.82) is 0 Å². The van der Waals surface area contributed by atoms with Gasteiger partial charge in [-0.25, -0.2) is 9.97 Å². The molecule has 1 N–H and O–H groups in total. The summed E-state index contributed by atoms with van der Waals surface area (Å²) in [7, 11) is 0. The fraction of sp³-hybridized carbons (Fsp3) is 0.348. The number of nitrogens with one attached hydrogen (secondary N) is 1. The van der Waals surface area contributed by atoms with Crippen molar-refractivity contribution in [2.45, 2.75) is 32.1 Å². The first kappa shape index (κ1) is 18.6. The molecule has 0 amide bonds. The summed E-state index contributed by atoms with van der Waals surface area (Å²) in [5.74, 6) is 2.03. The first-order valence-corrected chi connectivity index (χ1v) is 10.0. The highest BCUT2D eigenvalue weighted by atomic mass is 15.1. The van der Waals surface area contributed by atoms with E-state index in [9.17, 15) is 0 Å². The number of aryl methyl sites for hydroxylation is 1. The molecule has 4 rings (SSSR count). The molecule has 1 fully saturated rings. The highest BCUT2D eigenvalue weighted by Crippen LogP contribution is 2.26. The second-order valence-electron chi connectivity index (χ2n) is 7.50. The Morgan fingerprint density at radius 2 is 2.00 bits per heavy atom. The molecule has 5 nitrogen and oxygen atoms in total. The van der Waals surface area contributed by atoms with Crippen LogP contribution in [0.5, 0.6) is 0 Å². The minimum absolute atomic E-state index is 0.434. The lowest BCUT2D eigenvalue weighted by Gasteiger charge is -2.32. The molecular formula is C23H27N5. The Kier molecular flexibility index (Phi) is 5.92. The normalized spacial score (nSPS) is 17.4. The molecule has 0 saturated carbocycles. The van der Waals surface area contributed by atoms with Crippen molar-refractivity contribution < 1.29 is 0 Å². The molecule has 1 atom stereocenters. The summed E-state index contributed by atoms with van der Waals surface area (Å²) in [6.07, 6.45) is 8.95. The minimum atomic E-state index is 0.434. The van der Waals surface area contributed by atoms with Crippen molar-refractivity contribution >= 4 is 11.6 Å². The molecule has 3 heterocycles. The molecule has 0 aliphatic carbocycles. The highest BCUT2D eigenvalue weighted by Gasteiger charge is 2.22. The molecule has 28 heavy (non-hydrogen) atoms. The number of nitrogens with zero attached hydrogens (tertiary/aromatic N) is 4. The highest BCUT2D eigenvalue weighted by molar-refractivity contribution is 5.54. The molecule has 2 aromatic heterocycles. The Morgan fingerprint density at radius 3 is 2.86 bits per heavy atom. The molecule has 0 unspecified atom stereocenters. The third kappa shape index (κ3) is 4.73. The van der Waals surface area contributed by atoms with Crippen molar-refractivity contribution in [2.75, 3.05) is 25.0 Å². The summed E-state index contributed by atoms with van der Waals surface area (Å²) >= 11 is 0. The van der Waals surface area contributed by atoms with Crippen LogP contribution in [0.2, 0.25) is 0 Å². The number of benzene rings is 1. The van der Waals surface area contributed by atoms with Gasteiger partial charge in [-0.3, -0.25) is 4.98 Å². The van der Waals surface area contributed by atoms with Gasteiger partial charge < -0.3 is 10.2 Å². The second-order valence-corrected chi connectivity index (χ2v) is 7.50. The molecule has 1 saturated heterocycles. The predicted octanol–water partition coefficient (Wildman–Crippen LogP) is 4.35. The molecule has 0 bridgehead atoms. The van der Waals surface area contributed by atoms with E-state index in [4.69, 9.17) is 4.98 Å². The van der Waals surface area contributed by atoms with Crippen molar-refractivity contribution in [3.05, 3.63) is 77.9 Å². The third-order valence-electron chi connectivity index (χ3n) is 5.39. The van der Waals surface area contributed by atoms with E-state index in [1.54, 1.807) is 12.4 Å². The molecule has 5 heteroatoms. The Balaban J connectivity index is 1.40. The fourth-order valence-electron chi connectivity index (χ4n) is 3.81. The molecule has 0 radical (unpaired) electrons. The van der Waals surface area contributed by atoms with Crippen LogP contribution in [0.1, 0.15) is 35.6 Å². The number of hydrogen-bond donors (Lipinski definition) is 1. The second kappa shape index (κ2) is 8.93. The smallest absolute Gasteiger partial charge is 0.150 e. The van der Waals surface area contributed by atoms with Gasteiger partial charge in [-0.15, -0.1) is 0 Å². The van der Waals surface area contributed by atoms with Gasteiger partial charge in [-0.1, -0.05) is 36.4 Å². The Labute approximate surface area is 166 Å². The zero-order valence-corrected chi connectivity index (χ0v) is 16.4. The lowest BCUT2D eigenvalue weighted by atomic mass is 9.94. The summed E-state index contributed by atoms with van der Waals surface area (Å²) in [6, 6.07) is 14.7. The first-order chi connectivity index (χ1) is 13.8. The quantitative estimate of drug-likeness (QED) is 0.696. The predicted molar refractivity (Wildman–Crippen MR) is 113 cm³/mol. The number of likely N-dealkylation sites (tertiary alicyclic amines) is 1. The van der Waals surface area contributed by atoms with E-state index in [1.165, 1.54) is 24.9 Å². The molecule has 144 valence electrons.